The maximum atomic E-state index is 12.4. The molecule has 27 heavy (non-hydrogen) atoms. The molecular weight excluding hydrogens is 360 g/mol. The van der Waals surface area contributed by atoms with Crippen molar-refractivity contribution < 1.29 is 4.79 Å². The van der Waals surface area contributed by atoms with E-state index in [4.69, 9.17) is 21.6 Å². The fourth-order valence-corrected chi connectivity index (χ4v) is 4.06. The second-order valence-electron chi connectivity index (χ2n) is 7.34. The highest BCUT2D eigenvalue weighted by Crippen LogP contribution is 2.31. The quantitative estimate of drug-likeness (QED) is 0.758. The van der Waals surface area contributed by atoms with Crippen LogP contribution in [-0.4, -0.2) is 45.8 Å². The average molecular weight is 385 g/mol. The highest BCUT2D eigenvalue weighted by atomic mass is 35.5. The number of nitrogens with zero attached hydrogens (tertiary/aromatic N) is 4. The van der Waals surface area contributed by atoms with Crippen molar-refractivity contribution in [2.45, 2.75) is 44.5 Å². The van der Waals surface area contributed by atoms with Gasteiger partial charge in [0.05, 0.1) is 12.2 Å². The zero-order valence-corrected chi connectivity index (χ0v) is 16.5. The molecule has 1 unspecified atom stereocenters. The summed E-state index contributed by atoms with van der Waals surface area (Å²) >= 11 is 6.05. The summed E-state index contributed by atoms with van der Waals surface area (Å²) < 4.78 is 0. The van der Waals surface area contributed by atoms with Crippen LogP contribution in [0.15, 0.2) is 30.3 Å². The van der Waals surface area contributed by atoms with Crippen molar-refractivity contribution >= 4 is 23.3 Å². The standard InChI is InChI=1S/C21H25ClN4O/c1-15(22)21(27)26-13-10-18-17(14-26)20(25-11-6-3-7-12-25)24-19(23-18)16-8-4-2-5-9-16/h2,4-5,8-9,15H,3,6-7,10-14H2,1H3. The van der Waals surface area contributed by atoms with E-state index in [1.54, 1.807) is 6.92 Å². The molecule has 0 spiro atoms. The Morgan fingerprint density at radius 3 is 2.52 bits per heavy atom. The van der Waals surface area contributed by atoms with Crippen LogP contribution in [0.5, 0.6) is 0 Å². The van der Waals surface area contributed by atoms with Crippen LogP contribution < -0.4 is 4.90 Å². The number of alkyl halides is 1. The van der Waals surface area contributed by atoms with Crippen LogP contribution in [-0.2, 0) is 17.8 Å². The van der Waals surface area contributed by atoms with Gasteiger partial charge < -0.3 is 9.80 Å². The van der Waals surface area contributed by atoms with E-state index < -0.39 is 5.38 Å². The van der Waals surface area contributed by atoms with E-state index in [-0.39, 0.29) is 5.91 Å². The number of carbonyl (C=O) groups is 1. The van der Waals surface area contributed by atoms with Crippen molar-refractivity contribution in [1.82, 2.24) is 14.9 Å². The summed E-state index contributed by atoms with van der Waals surface area (Å²) in [5.74, 6) is 1.76. The summed E-state index contributed by atoms with van der Waals surface area (Å²) in [7, 11) is 0. The summed E-state index contributed by atoms with van der Waals surface area (Å²) in [6.45, 7) is 4.97. The Morgan fingerprint density at radius 1 is 1.07 bits per heavy atom. The molecule has 4 rings (SSSR count). The predicted molar refractivity (Wildman–Crippen MR) is 108 cm³/mol. The molecule has 1 saturated heterocycles. The molecule has 142 valence electrons. The molecule has 0 bridgehead atoms. The van der Waals surface area contributed by atoms with Gasteiger partial charge in [0.1, 0.15) is 11.2 Å². The summed E-state index contributed by atoms with van der Waals surface area (Å²) in [6.07, 6.45) is 4.37. The van der Waals surface area contributed by atoms with Crippen LogP contribution in [0, 0.1) is 0 Å². The molecule has 0 aliphatic carbocycles. The number of rotatable bonds is 3. The second-order valence-corrected chi connectivity index (χ2v) is 7.99. The van der Waals surface area contributed by atoms with Crippen LogP contribution in [0.4, 0.5) is 5.82 Å². The number of carbonyl (C=O) groups excluding carboxylic acids is 1. The van der Waals surface area contributed by atoms with Gasteiger partial charge in [-0.3, -0.25) is 4.79 Å². The lowest BCUT2D eigenvalue weighted by Crippen LogP contribution is -2.41. The molecule has 2 aliphatic rings. The van der Waals surface area contributed by atoms with Crippen molar-refractivity contribution in [2.75, 3.05) is 24.5 Å². The van der Waals surface area contributed by atoms with Gasteiger partial charge in [-0.05, 0) is 26.2 Å². The van der Waals surface area contributed by atoms with Crippen molar-refractivity contribution in [3.63, 3.8) is 0 Å². The molecule has 1 fully saturated rings. The van der Waals surface area contributed by atoms with Gasteiger partial charge in [0, 0.05) is 37.2 Å². The Balaban J connectivity index is 1.75. The number of benzene rings is 1. The summed E-state index contributed by atoms with van der Waals surface area (Å²) in [6, 6.07) is 10.1. The number of aromatic nitrogens is 2. The molecule has 0 radical (unpaired) electrons. The van der Waals surface area contributed by atoms with Gasteiger partial charge in [0.25, 0.3) is 0 Å². The van der Waals surface area contributed by atoms with Gasteiger partial charge in [-0.2, -0.15) is 0 Å². The lowest BCUT2D eigenvalue weighted by molar-refractivity contribution is -0.131. The maximum Gasteiger partial charge on any atom is 0.240 e. The maximum absolute atomic E-state index is 12.4. The first kappa shape index (κ1) is 18.2. The van der Waals surface area contributed by atoms with Crippen LogP contribution >= 0.6 is 11.6 Å². The van der Waals surface area contributed by atoms with E-state index in [1.807, 2.05) is 23.1 Å². The lowest BCUT2D eigenvalue weighted by Gasteiger charge is -2.35. The molecule has 1 amide bonds. The minimum atomic E-state index is -0.505. The Hall–Kier alpha value is -2.14. The molecule has 3 heterocycles. The first-order valence-corrected chi connectivity index (χ1v) is 10.2. The van der Waals surface area contributed by atoms with E-state index >= 15 is 0 Å². The molecule has 5 nitrogen and oxygen atoms in total. The van der Waals surface area contributed by atoms with Gasteiger partial charge in [-0.1, -0.05) is 30.3 Å². The molecule has 6 heteroatoms. The van der Waals surface area contributed by atoms with Gasteiger partial charge >= 0.3 is 0 Å². The van der Waals surface area contributed by atoms with Crippen molar-refractivity contribution in [3.8, 4) is 11.4 Å². The highest BCUT2D eigenvalue weighted by Gasteiger charge is 2.29. The topological polar surface area (TPSA) is 49.3 Å². The number of hydrogen-bond acceptors (Lipinski definition) is 4. The summed E-state index contributed by atoms with van der Waals surface area (Å²) in [5.41, 5.74) is 3.19. The van der Waals surface area contributed by atoms with Crippen LogP contribution in [0.3, 0.4) is 0 Å². The third-order valence-corrected chi connectivity index (χ3v) is 5.56. The van der Waals surface area contributed by atoms with E-state index in [2.05, 4.69) is 17.0 Å². The number of anilines is 1. The predicted octanol–water partition coefficient (Wildman–Crippen LogP) is 3.65. The first-order valence-electron chi connectivity index (χ1n) is 9.76. The van der Waals surface area contributed by atoms with Gasteiger partial charge in [-0.25, -0.2) is 9.97 Å². The fourth-order valence-electron chi connectivity index (χ4n) is 3.92. The summed E-state index contributed by atoms with van der Waals surface area (Å²) in [5, 5.41) is -0.505. The van der Waals surface area contributed by atoms with E-state index in [9.17, 15) is 4.79 Å². The molecule has 1 aromatic heterocycles. The molecule has 2 aliphatic heterocycles. The molecule has 1 atom stereocenters. The normalized spacial score (nSPS) is 18.1. The zero-order valence-electron chi connectivity index (χ0n) is 15.7. The number of amides is 1. The van der Waals surface area contributed by atoms with Crippen LogP contribution in [0.1, 0.15) is 37.4 Å². The molecule has 2 aromatic rings. The van der Waals surface area contributed by atoms with Crippen LogP contribution in [0.25, 0.3) is 11.4 Å². The SMILES string of the molecule is CC(Cl)C(=O)N1CCc2nc(-c3ccccc3)nc(N3CCCCC3)c2C1. The average Bonchev–Trinajstić information content (AvgIpc) is 2.73. The number of piperidine rings is 1. The Kier molecular flexibility index (Phi) is 5.30. The van der Waals surface area contributed by atoms with Gasteiger partial charge in [0.2, 0.25) is 5.91 Å². The number of fused-ring (bicyclic) bond motifs is 1. The molecule has 1 aromatic carbocycles. The Morgan fingerprint density at radius 2 is 1.81 bits per heavy atom. The molecule has 0 N–H and O–H groups in total. The van der Waals surface area contributed by atoms with Crippen molar-refractivity contribution in [3.05, 3.63) is 41.6 Å². The fraction of sp³-hybridized carbons (Fsp3) is 0.476. The largest absolute Gasteiger partial charge is 0.356 e. The second kappa shape index (κ2) is 7.85. The Bertz CT molecular complexity index is 818. The number of hydrogen-bond donors (Lipinski definition) is 0. The first-order chi connectivity index (χ1) is 13.1. The third kappa shape index (κ3) is 3.79. The molecule has 0 saturated carbocycles. The summed E-state index contributed by atoms with van der Waals surface area (Å²) in [4.78, 5) is 26.5. The number of halogens is 1. The van der Waals surface area contributed by atoms with Crippen molar-refractivity contribution in [1.29, 1.82) is 0 Å². The minimum Gasteiger partial charge on any atom is -0.356 e. The van der Waals surface area contributed by atoms with Crippen molar-refractivity contribution in [2.24, 2.45) is 0 Å². The highest BCUT2D eigenvalue weighted by molar-refractivity contribution is 6.30. The lowest BCUT2D eigenvalue weighted by atomic mass is 10.0. The monoisotopic (exact) mass is 384 g/mol. The van der Waals surface area contributed by atoms with E-state index in [0.717, 1.165) is 48.0 Å². The molecular formula is C21H25ClN4O. The van der Waals surface area contributed by atoms with E-state index in [1.165, 1.54) is 19.3 Å². The smallest absolute Gasteiger partial charge is 0.240 e. The van der Waals surface area contributed by atoms with Gasteiger partial charge in [0.15, 0.2) is 5.82 Å². The zero-order chi connectivity index (χ0) is 18.8. The van der Waals surface area contributed by atoms with Gasteiger partial charge in [-0.15, -0.1) is 11.6 Å². The Labute approximate surface area is 165 Å². The minimum absolute atomic E-state index is 0.0148. The third-order valence-electron chi connectivity index (χ3n) is 5.38. The van der Waals surface area contributed by atoms with E-state index in [0.29, 0.717) is 13.1 Å². The van der Waals surface area contributed by atoms with Crippen LogP contribution in [0.2, 0.25) is 0 Å².